The maximum absolute atomic E-state index is 12.8. The predicted octanol–water partition coefficient (Wildman–Crippen LogP) is 4.18. The van der Waals surface area contributed by atoms with Crippen LogP contribution in [0.15, 0.2) is 95.8 Å². The lowest BCUT2D eigenvalue weighted by Gasteiger charge is -2.30. The van der Waals surface area contributed by atoms with E-state index >= 15 is 0 Å². The maximum Gasteiger partial charge on any atom is 0.468 e. The molecule has 1 aromatic carbocycles. The predicted molar refractivity (Wildman–Crippen MR) is 175 cm³/mol. The van der Waals surface area contributed by atoms with Crippen LogP contribution < -0.4 is 5.32 Å². The molecular weight excluding hydrogens is 589 g/mol. The number of likely N-dealkylation sites (N-methyl/N-ethyl adjacent to an activating group) is 1. The molecule has 0 saturated carbocycles. The molecule has 4 heterocycles. The minimum atomic E-state index is -1.02. The number of carbonyl (C=O) groups excluding carboxylic acids is 1. The molecule has 1 saturated heterocycles. The molecular formula is C33H38BN5O5S. The third-order valence-corrected chi connectivity index (χ3v) is 8.99. The minimum absolute atomic E-state index is 0.108. The van der Waals surface area contributed by atoms with E-state index < -0.39 is 19.2 Å². The first-order valence-electron chi connectivity index (χ1n) is 15.1. The number of pyridine rings is 2. The monoisotopic (exact) mass is 627 g/mol. The third kappa shape index (κ3) is 10.0. The number of rotatable bonds is 13. The molecule has 2 atom stereocenters. The fourth-order valence-corrected chi connectivity index (χ4v) is 6.38. The number of hydrogen-bond acceptors (Lipinski definition) is 9. The van der Waals surface area contributed by atoms with Gasteiger partial charge in [0, 0.05) is 67.0 Å². The van der Waals surface area contributed by atoms with Gasteiger partial charge < -0.3 is 25.0 Å². The second-order valence-electron chi connectivity index (χ2n) is 11.3. The molecule has 2 aliphatic rings. The highest BCUT2D eigenvalue weighted by atomic mass is 32.2. The molecule has 45 heavy (non-hydrogen) atoms. The van der Waals surface area contributed by atoms with Gasteiger partial charge in [0.15, 0.2) is 0 Å². The van der Waals surface area contributed by atoms with Gasteiger partial charge in [-0.2, -0.15) is 0 Å². The van der Waals surface area contributed by atoms with Gasteiger partial charge in [0.2, 0.25) is 5.91 Å². The van der Waals surface area contributed by atoms with Gasteiger partial charge in [0.25, 0.3) is 0 Å². The minimum Gasteiger partial charge on any atom is -0.481 e. The lowest BCUT2D eigenvalue weighted by Crippen LogP contribution is -2.42. The second kappa shape index (κ2) is 15.9. The average molecular weight is 628 g/mol. The summed E-state index contributed by atoms with van der Waals surface area (Å²) in [6.07, 6.45) is 10.8. The average Bonchev–Trinajstić information content (AvgIpc) is 3.02. The molecule has 0 spiro atoms. The summed E-state index contributed by atoms with van der Waals surface area (Å²) in [6.45, 7) is 3.00. The van der Waals surface area contributed by atoms with Crippen molar-refractivity contribution in [2.24, 2.45) is 0 Å². The van der Waals surface area contributed by atoms with E-state index in [0.717, 1.165) is 34.9 Å². The number of carbonyl (C=O) groups is 2. The van der Waals surface area contributed by atoms with Gasteiger partial charge in [-0.05, 0) is 66.9 Å². The van der Waals surface area contributed by atoms with Gasteiger partial charge >= 0.3 is 13.1 Å². The van der Waals surface area contributed by atoms with E-state index in [0.29, 0.717) is 31.6 Å². The first-order valence-corrected chi connectivity index (χ1v) is 15.9. The highest BCUT2D eigenvalue weighted by Crippen LogP contribution is 2.33. The van der Waals surface area contributed by atoms with Crippen molar-refractivity contribution in [1.82, 2.24) is 19.8 Å². The normalized spacial score (nSPS) is 18.2. The smallest absolute Gasteiger partial charge is 0.468 e. The number of carboxylic acids is 1. The van der Waals surface area contributed by atoms with Crippen LogP contribution in [0.4, 0.5) is 5.69 Å². The van der Waals surface area contributed by atoms with Crippen molar-refractivity contribution < 1.29 is 24.4 Å². The van der Waals surface area contributed by atoms with Crippen LogP contribution >= 0.6 is 11.8 Å². The Hall–Kier alpha value is -3.97. The third-order valence-electron chi connectivity index (χ3n) is 7.68. The molecule has 0 bridgehead atoms. The number of benzene rings is 1. The molecule has 0 aliphatic carbocycles. The fourth-order valence-electron chi connectivity index (χ4n) is 5.31. The van der Waals surface area contributed by atoms with E-state index in [1.807, 2.05) is 60.8 Å². The first-order chi connectivity index (χ1) is 21.8. The number of nitrogens with one attached hydrogen (secondary N) is 1. The van der Waals surface area contributed by atoms with E-state index in [1.165, 1.54) is 17.5 Å². The molecule has 0 radical (unpaired) electrons. The Morgan fingerprint density at radius 2 is 1.87 bits per heavy atom. The molecule has 1 fully saturated rings. The van der Waals surface area contributed by atoms with Gasteiger partial charge in [-0.25, -0.2) is 0 Å². The number of carboxylic acid groups (broad SMARTS) is 1. The molecule has 3 aromatic rings. The van der Waals surface area contributed by atoms with E-state index in [2.05, 4.69) is 50.4 Å². The zero-order chi connectivity index (χ0) is 31.6. The van der Waals surface area contributed by atoms with Gasteiger partial charge in [-0.3, -0.25) is 24.5 Å². The number of nitrogens with zero attached hydrogens (tertiary/aromatic N) is 4. The lowest BCUT2D eigenvalue weighted by molar-refractivity contribution is -0.139. The molecule has 2 aromatic heterocycles. The Balaban J connectivity index is 1.11. The van der Waals surface area contributed by atoms with Crippen molar-refractivity contribution in [3.05, 3.63) is 108 Å². The number of amides is 1. The Labute approximate surface area is 268 Å². The molecule has 234 valence electrons. The largest absolute Gasteiger partial charge is 0.481 e. The van der Waals surface area contributed by atoms with Crippen LogP contribution in [-0.4, -0.2) is 80.3 Å². The van der Waals surface area contributed by atoms with Crippen molar-refractivity contribution in [1.29, 1.82) is 0 Å². The first kappa shape index (κ1) is 32.4. The Bertz CT molecular complexity index is 1490. The van der Waals surface area contributed by atoms with Crippen molar-refractivity contribution in [3.63, 3.8) is 0 Å². The van der Waals surface area contributed by atoms with Crippen LogP contribution in [0.2, 0.25) is 0 Å². The Morgan fingerprint density at radius 3 is 2.53 bits per heavy atom. The molecule has 3 N–H and O–H groups in total. The van der Waals surface area contributed by atoms with Gasteiger partial charge in [-0.1, -0.05) is 24.3 Å². The van der Waals surface area contributed by atoms with E-state index in [-0.39, 0.29) is 23.9 Å². The van der Waals surface area contributed by atoms with Crippen LogP contribution in [0.5, 0.6) is 0 Å². The van der Waals surface area contributed by atoms with Crippen molar-refractivity contribution >= 4 is 36.4 Å². The summed E-state index contributed by atoms with van der Waals surface area (Å²) >= 11 is 1.48. The molecule has 10 nitrogen and oxygen atoms in total. The molecule has 0 unspecified atom stereocenters. The van der Waals surface area contributed by atoms with Gasteiger partial charge in [-0.15, -0.1) is 11.8 Å². The van der Waals surface area contributed by atoms with E-state index in [1.54, 1.807) is 6.20 Å². The zero-order valence-corrected chi connectivity index (χ0v) is 26.1. The van der Waals surface area contributed by atoms with Crippen LogP contribution in [0.1, 0.15) is 36.2 Å². The molecule has 2 aliphatic heterocycles. The standard InChI is InChI=1S/C33H38BN5O5S/c1-38-17-5-3-7-28(38)23-39(21-26-6-2-4-16-35-26)22-27-9-8-24(20-36-27)18-32(40)37-25-10-13-30(14-11-25)45-31-15-12-29(19-33(41)42)44-34(31)43/h2-11,13-14,16,20,29,31,43H,12,15,17-19,21-23H2,1H3,(H,37,40)(H,41,42)/t29-,31-/m0/s1. The fraction of sp³-hybridized carbons (Fsp3) is 0.333. The van der Waals surface area contributed by atoms with Crippen LogP contribution in [0.25, 0.3) is 0 Å². The van der Waals surface area contributed by atoms with Gasteiger partial charge in [0.1, 0.15) is 0 Å². The zero-order valence-electron chi connectivity index (χ0n) is 25.3. The van der Waals surface area contributed by atoms with Crippen LogP contribution in [-0.2, 0) is 33.8 Å². The summed E-state index contributed by atoms with van der Waals surface area (Å²) in [5, 5.41) is 22.0. The molecule has 5 rings (SSSR count). The molecule has 12 heteroatoms. The summed E-state index contributed by atoms with van der Waals surface area (Å²) in [5.41, 5.74) is 4.66. The highest BCUT2D eigenvalue weighted by Gasteiger charge is 2.36. The van der Waals surface area contributed by atoms with Crippen molar-refractivity contribution in [2.75, 3.05) is 25.5 Å². The number of allylic oxidation sites excluding steroid dienone is 2. The summed E-state index contributed by atoms with van der Waals surface area (Å²) < 4.78 is 5.48. The molecule has 1 amide bonds. The van der Waals surface area contributed by atoms with Crippen molar-refractivity contribution in [3.8, 4) is 0 Å². The number of anilines is 1. The van der Waals surface area contributed by atoms with E-state index in [9.17, 15) is 14.6 Å². The maximum atomic E-state index is 12.8. The quantitative estimate of drug-likeness (QED) is 0.238. The number of thioether (sulfide) groups is 1. The number of aromatic nitrogens is 2. The highest BCUT2D eigenvalue weighted by molar-refractivity contribution is 8.01. The van der Waals surface area contributed by atoms with E-state index in [4.69, 9.17) is 9.76 Å². The summed E-state index contributed by atoms with van der Waals surface area (Å²) in [4.78, 5) is 38.4. The Morgan fingerprint density at radius 1 is 1.07 bits per heavy atom. The topological polar surface area (TPSA) is 128 Å². The number of aliphatic carboxylic acids is 1. The SMILES string of the molecule is CN1CC=CC=C1CN(Cc1ccccn1)Cc1ccc(CC(=O)Nc2ccc(S[C@H]3CC[C@@H](CC(=O)O)OB3O)cc2)cn1. The lowest BCUT2D eigenvalue weighted by atomic mass is 9.77. The summed E-state index contributed by atoms with van der Waals surface area (Å²) in [5.74, 6) is -1.07. The second-order valence-corrected chi connectivity index (χ2v) is 12.6. The van der Waals surface area contributed by atoms with Gasteiger partial charge in [0.05, 0.1) is 30.3 Å². The van der Waals surface area contributed by atoms with Crippen molar-refractivity contribution in [2.45, 2.75) is 54.9 Å². The summed E-state index contributed by atoms with van der Waals surface area (Å²) in [6, 6.07) is 17.3. The van der Waals surface area contributed by atoms with Crippen LogP contribution in [0.3, 0.4) is 0 Å². The number of hydrogen-bond donors (Lipinski definition) is 3. The Kier molecular flexibility index (Phi) is 11.4. The van der Waals surface area contributed by atoms with Crippen LogP contribution in [0, 0.1) is 0 Å². The summed E-state index contributed by atoms with van der Waals surface area (Å²) in [7, 11) is 1.07.